The molecule has 1 aliphatic rings. The molecule has 3 heteroatoms. The van der Waals surface area contributed by atoms with E-state index in [1.165, 1.54) is 0 Å². The van der Waals surface area contributed by atoms with Crippen molar-refractivity contribution in [3.05, 3.63) is 11.3 Å². The predicted octanol–water partition coefficient (Wildman–Crippen LogP) is 1.43. The summed E-state index contributed by atoms with van der Waals surface area (Å²) in [4.78, 5) is 10.8. The van der Waals surface area contributed by atoms with Crippen molar-refractivity contribution in [1.29, 1.82) is 0 Å². The zero-order valence-corrected chi connectivity index (χ0v) is 6.27. The Morgan fingerprint density at radius 3 is 2.67 bits per heavy atom. The van der Waals surface area contributed by atoms with Gasteiger partial charge >= 0.3 is 0 Å². The standard InChI is InChI=1S/C6H9O2P/c1-2-4-5(7)3-9-6(4)8/h7,9H,2-3H2,1H3. The molecule has 1 aliphatic heterocycles. The van der Waals surface area contributed by atoms with Gasteiger partial charge < -0.3 is 5.11 Å². The zero-order chi connectivity index (χ0) is 6.85. The fourth-order valence-corrected chi connectivity index (χ4v) is 1.95. The fourth-order valence-electron chi connectivity index (χ4n) is 0.873. The van der Waals surface area contributed by atoms with E-state index in [2.05, 4.69) is 0 Å². The van der Waals surface area contributed by atoms with Crippen LogP contribution in [-0.2, 0) is 4.79 Å². The second-order valence-corrected chi connectivity index (χ2v) is 3.12. The normalized spacial score (nSPS) is 22.1. The minimum Gasteiger partial charge on any atom is -0.512 e. The maximum atomic E-state index is 10.8. The van der Waals surface area contributed by atoms with E-state index in [1.807, 2.05) is 6.92 Å². The molecular weight excluding hydrogens is 135 g/mol. The lowest BCUT2D eigenvalue weighted by Gasteiger charge is -1.91. The first-order chi connectivity index (χ1) is 4.25. The summed E-state index contributed by atoms with van der Waals surface area (Å²) in [7, 11) is 0.287. The Morgan fingerprint density at radius 2 is 2.44 bits per heavy atom. The highest BCUT2D eigenvalue weighted by Crippen LogP contribution is 2.31. The van der Waals surface area contributed by atoms with Crippen LogP contribution in [0.3, 0.4) is 0 Å². The highest BCUT2D eigenvalue weighted by molar-refractivity contribution is 7.59. The topological polar surface area (TPSA) is 37.3 Å². The molecule has 0 aromatic carbocycles. The summed E-state index contributed by atoms with van der Waals surface area (Å²) in [5.41, 5.74) is 0.795. The molecule has 0 spiro atoms. The average molecular weight is 144 g/mol. The molecule has 0 bridgehead atoms. The predicted molar refractivity (Wildman–Crippen MR) is 38.1 cm³/mol. The lowest BCUT2D eigenvalue weighted by atomic mass is 10.2. The van der Waals surface area contributed by atoms with Crippen LogP contribution in [-0.4, -0.2) is 16.8 Å². The molecule has 0 saturated carbocycles. The van der Waals surface area contributed by atoms with Gasteiger partial charge in [-0.1, -0.05) is 6.92 Å². The van der Waals surface area contributed by atoms with E-state index in [0.29, 0.717) is 23.9 Å². The second kappa shape index (κ2) is 2.49. The third kappa shape index (κ3) is 1.13. The van der Waals surface area contributed by atoms with Gasteiger partial charge in [-0.25, -0.2) is 0 Å². The number of hydrogen-bond donors (Lipinski definition) is 1. The van der Waals surface area contributed by atoms with Gasteiger partial charge in [0.15, 0.2) is 5.52 Å². The molecule has 9 heavy (non-hydrogen) atoms. The molecule has 0 saturated heterocycles. The van der Waals surface area contributed by atoms with Crippen molar-refractivity contribution in [1.82, 2.24) is 0 Å². The first-order valence-corrected chi connectivity index (χ1v) is 4.15. The van der Waals surface area contributed by atoms with Crippen molar-refractivity contribution in [2.75, 3.05) is 6.16 Å². The van der Waals surface area contributed by atoms with Crippen molar-refractivity contribution >= 4 is 14.1 Å². The zero-order valence-electron chi connectivity index (χ0n) is 5.27. The molecule has 1 N–H and O–H groups in total. The van der Waals surface area contributed by atoms with Crippen molar-refractivity contribution in [2.45, 2.75) is 13.3 Å². The van der Waals surface area contributed by atoms with Gasteiger partial charge in [0, 0.05) is 11.7 Å². The first kappa shape index (κ1) is 6.76. The lowest BCUT2D eigenvalue weighted by molar-refractivity contribution is -0.108. The molecule has 0 radical (unpaired) electrons. The molecule has 1 rings (SSSR count). The van der Waals surface area contributed by atoms with Crippen LogP contribution < -0.4 is 0 Å². The number of allylic oxidation sites excluding steroid dienone is 2. The maximum absolute atomic E-state index is 10.8. The molecule has 0 fully saturated rings. The Kier molecular flexibility index (Phi) is 1.87. The van der Waals surface area contributed by atoms with Gasteiger partial charge in [0.25, 0.3) is 0 Å². The summed E-state index contributed by atoms with van der Waals surface area (Å²) in [6.45, 7) is 1.89. The van der Waals surface area contributed by atoms with Crippen molar-refractivity contribution < 1.29 is 9.90 Å². The molecule has 0 aromatic heterocycles. The lowest BCUT2D eigenvalue weighted by Crippen LogP contribution is -1.90. The quantitative estimate of drug-likeness (QED) is 0.565. The third-order valence-electron chi connectivity index (χ3n) is 1.39. The van der Waals surface area contributed by atoms with Gasteiger partial charge in [0.05, 0.1) is 0 Å². The van der Waals surface area contributed by atoms with E-state index >= 15 is 0 Å². The summed E-state index contributed by atoms with van der Waals surface area (Å²) in [6, 6.07) is 0. The average Bonchev–Trinajstić information content (AvgIpc) is 2.12. The Bertz CT molecular complexity index is 172. The molecule has 0 aromatic rings. The van der Waals surface area contributed by atoms with E-state index in [9.17, 15) is 4.79 Å². The number of aliphatic hydroxyl groups excluding tert-OH is 1. The Balaban J connectivity index is 2.82. The van der Waals surface area contributed by atoms with Crippen molar-refractivity contribution in [2.24, 2.45) is 0 Å². The monoisotopic (exact) mass is 144 g/mol. The summed E-state index contributed by atoms with van der Waals surface area (Å²) < 4.78 is 0. The highest BCUT2D eigenvalue weighted by atomic mass is 31.1. The van der Waals surface area contributed by atoms with Gasteiger partial charge in [0.1, 0.15) is 5.76 Å². The van der Waals surface area contributed by atoms with E-state index in [1.54, 1.807) is 0 Å². The Labute approximate surface area is 55.7 Å². The van der Waals surface area contributed by atoms with E-state index in [0.717, 1.165) is 0 Å². The molecule has 1 unspecified atom stereocenters. The summed E-state index contributed by atoms with van der Waals surface area (Å²) in [6.07, 6.45) is 1.26. The molecule has 50 valence electrons. The van der Waals surface area contributed by atoms with E-state index in [-0.39, 0.29) is 14.1 Å². The molecule has 0 aliphatic carbocycles. The number of aliphatic hydroxyl groups is 1. The van der Waals surface area contributed by atoms with Crippen LogP contribution in [0.25, 0.3) is 0 Å². The SMILES string of the molecule is CCC1=C(O)CPC1=O. The third-order valence-corrected chi connectivity index (χ3v) is 2.53. The van der Waals surface area contributed by atoms with Crippen LogP contribution >= 0.6 is 8.58 Å². The van der Waals surface area contributed by atoms with Crippen LogP contribution in [0.15, 0.2) is 11.3 Å². The number of carbonyl (C=O) groups excluding carboxylic acids is 1. The van der Waals surface area contributed by atoms with Gasteiger partial charge in [0.2, 0.25) is 0 Å². The summed E-state index contributed by atoms with van der Waals surface area (Å²) in [5.74, 6) is 0.320. The Hall–Kier alpha value is -0.360. The van der Waals surface area contributed by atoms with Crippen LogP contribution in [0.2, 0.25) is 0 Å². The molecule has 0 amide bonds. The smallest absolute Gasteiger partial charge is 0.180 e. The van der Waals surface area contributed by atoms with Gasteiger partial charge in [-0.05, 0) is 15.0 Å². The van der Waals surface area contributed by atoms with Gasteiger partial charge in [-0.3, -0.25) is 4.79 Å². The van der Waals surface area contributed by atoms with Crippen molar-refractivity contribution in [3.8, 4) is 0 Å². The van der Waals surface area contributed by atoms with Crippen LogP contribution in [0, 0.1) is 0 Å². The Morgan fingerprint density at radius 1 is 1.78 bits per heavy atom. The van der Waals surface area contributed by atoms with Gasteiger partial charge in [-0.2, -0.15) is 0 Å². The largest absolute Gasteiger partial charge is 0.512 e. The molecule has 1 atom stereocenters. The molecule has 1 heterocycles. The van der Waals surface area contributed by atoms with Crippen LogP contribution in [0.4, 0.5) is 0 Å². The fraction of sp³-hybridized carbons (Fsp3) is 0.500. The number of hydrogen-bond acceptors (Lipinski definition) is 2. The summed E-state index contributed by atoms with van der Waals surface area (Å²) in [5, 5.41) is 9.03. The van der Waals surface area contributed by atoms with Crippen LogP contribution in [0.1, 0.15) is 13.3 Å². The minimum atomic E-state index is 0.148. The highest BCUT2D eigenvalue weighted by Gasteiger charge is 2.19. The van der Waals surface area contributed by atoms with Crippen LogP contribution in [0.5, 0.6) is 0 Å². The molecule has 2 nitrogen and oxygen atoms in total. The molecular formula is C6H9O2P. The number of carbonyl (C=O) groups is 1. The van der Waals surface area contributed by atoms with Gasteiger partial charge in [-0.15, -0.1) is 0 Å². The maximum Gasteiger partial charge on any atom is 0.180 e. The first-order valence-electron chi connectivity index (χ1n) is 2.95. The second-order valence-electron chi connectivity index (χ2n) is 1.96. The van der Waals surface area contributed by atoms with E-state index in [4.69, 9.17) is 5.11 Å². The van der Waals surface area contributed by atoms with E-state index < -0.39 is 0 Å². The summed E-state index contributed by atoms with van der Waals surface area (Å²) >= 11 is 0. The number of rotatable bonds is 1. The minimum absolute atomic E-state index is 0.148. The van der Waals surface area contributed by atoms with Crippen molar-refractivity contribution in [3.63, 3.8) is 0 Å².